The van der Waals surface area contributed by atoms with Crippen molar-refractivity contribution >= 4 is 5.97 Å². The van der Waals surface area contributed by atoms with Crippen LogP contribution < -0.4 is 0 Å². The van der Waals surface area contributed by atoms with E-state index in [2.05, 4.69) is 42.2 Å². The van der Waals surface area contributed by atoms with Crippen LogP contribution in [0.25, 0.3) is 16.8 Å². The SMILES string of the molecule is COC(=O)CC(O)CC(O)CCc1c(-c2ccc(F)cc2)c(C)n(-c2ccccc2)c1C(C)C. The molecule has 2 N–H and O–H groups in total. The number of benzene rings is 2. The fourth-order valence-electron chi connectivity index (χ4n) is 4.64. The quantitative estimate of drug-likeness (QED) is 0.396. The number of methoxy groups -OCH3 is 1. The van der Waals surface area contributed by atoms with Crippen LogP contribution in [0.2, 0.25) is 0 Å². The molecule has 0 aliphatic rings. The van der Waals surface area contributed by atoms with Crippen LogP contribution in [0.1, 0.15) is 56.0 Å². The number of hydrogen-bond acceptors (Lipinski definition) is 4. The maximum atomic E-state index is 13.7. The molecule has 2 unspecified atom stereocenters. The maximum Gasteiger partial charge on any atom is 0.308 e. The number of halogens is 1. The second kappa shape index (κ2) is 11.4. The van der Waals surface area contributed by atoms with Gasteiger partial charge in [0.1, 0.15) is 5.82 Å². The maximum absolute atomic E-state index is 13.7. The van der Waals surface area contributed by atoms with E-state index in [1.807, 2.05) is 18.2 Å². The van der Waals surface area contributed by atoms with Gasteiger partial charge in [0.15, 0.2) is 0 Å². The van der Waals surface area contributed by atoms with Crippen molar-refractivity contribution in [3.05, 3.63) is 77.4 Å². The van der Waals surface area contributed by atoms with Crippen molar-refractivity contribution in [3.63, 3.8) is 0 Å². The molecule has 0 aliphatic carbocycles. The fraction of sp³-hybridized carbons (Fsp3) is 0.393. The first-order chi connectivity index (χ1) is 16.2. The molecule has 34 heavy (non-hydrogen) atoms. The molecule has 1 heterocycles. The molecule has 2 atom stereocenters. The van der Waals surface area contributed by atoms with E-state index in [1.54, 1.807) is 12.1 Å². The molecule has 0 saturated carbocycles. The zero-order valence-electron chi connectivity index (χ0n) is 20.3. The Morgan fingerprint density at radius 2 is 1.68 bits per heavy atom. The van der Waals surface area contributed by atoms with Gasteiger partial charge in [-0.3, -0.25) is 4.79 Å². The van der Waals surface area contributed by atoms with E-state index >= 15 is 0 Å². The van der Waals surface area contributed by atoms with E-state index in [0.29, 0.717) is 12.8 Å². The highest BCUT2D eigenvalue weighted by Gasteiger charge is 2.25. The average molecular weight is 468 g/mol. The third kappa shape index (κ3) is 5.93. The van der Waals surface area contributed by atoms with Gasteiger partial charge in [-0.05, 0) is 67.5 Å². The van der Waals surface area contributed by atoms with E-state index in [1.165, 1.54) is 19.2 Å². The van der Waals surface area contributed by atoms with Crippen molar-refractivity contribution in [3.8, 4) is 16.8 Å². The lowest BCUT2D eigenvalue weighted by atomic mass is 9.92. The summed E-state index contributed by atoms with van der Waals surface area (Å²) in [7, 11) is 1.27. The van der Waals surface area contributed by atoms with Crippen LogP contribution in [0.5, 0.6) is 0 Å². The van der Waals surface area contributed by atoms with E-state index in [0.717, 1.165) is 33.8 Å². The van der Waals surface area contributed by atoms with Crippen LogP contribution in [0.3, 0.4) is 0 Å². The second-order valence-corrected chi connectivity index (χ2v) is 9.02. The lowest BCUT2D eigenvalue weighted by Crippen LogP contribution is -2.22. The molecule has 5 nitrogen and oxygen atoms in total. The fourth-order valence-corrected chi connectivity index (χ4v) is 4.64. The highest BCUT2D eigenvalue weighted by molar-refractivity contribution is 5.74. The second-order valence-electron chi connectivity index (χ2n) is 9.02. The highest BCUT2D eigenvalue weighted by atomic mass is 19.1. The van der Waals surface area contributed by atoms with Crippen molar-refractivity contribution < 1.29 is 24.1 Å². The molecular formula is C28H34FNO4. The van der Waals surface area contributed by atoms with E-state index in [9.17, 15) is 19.4 Å². The van der Waals surface area contributed by atoms with E-state index < -0.39 is 18.2 Å². The molecule has 0 saturated heterocycles. The van der Waals surface area contributed by atoms with Crippen LogP contribution >= 0.6 is 0 Å². The summed E-state index contributed by atoms with van der Waals surface area (Å²) in [6.45, 7) is 6.35. The normalized spacial score (nSPS) is 13.2. The number of hydrogen-bond donors (Lipinski definition) is 2. The Morgan fingerprint density at radius 3 is 2.26 bits per heavy atom. The third-order valence-corrected chi connectivity index (χ3v) is 6.14. The minimum absolute atomic E-state index is 0.0936. The van der Waals surface area contributed by atoms with Crippen molar-refractivity contribution in [1.82, 2.24) is 4.57 Å². The van der Waals surface area contributed by atoms with Gasteiger partial charge in [0.2, 0.25) is 0 Å². The van der Waals surface area contributed by atoms with Crippen molar-refractivity contribution in [2.24, 2.45) is 0 Å². The molecule has 0 radical (unpaired) electrons. The highest BCUT2D eigenvalue weighted by Crippen LogP contribution is 2.39. The predicted molar refractivity (Wildman–Crippen MR) is 132 cm³/mol. The molecular weight excluding hydrogens is 433 g/mol. The number of ether oxygens (including phenoxy) is 1. The Balaban J connectivity index is 2.00. The van der Waals surface area contributed by atoms with Crippen molar-refractivity contribution in [2.75, 3.05) is 7.11 Å². The molecule has 3 rings (SSSR count). The van der Waals surface area contributed by atoms with E-state index in [4.69, 9.17) is 0 Å². The van der Waals surface area contributed by atoms with Gasteiger partial charge in [-0.25, -0.2) is 4.39 Å². The number of carbonyl (C=O) groups is 1. The Hall–Kier alpha value is -2.96. The standard InChI is InChI=1S/C28H34FNO4/c1-18(2)28-25(15-14-23(31)16-24(32)17-26(33)34-4)27(20-10-12-21(29)13-11-20)19(3)30(28)22-8-6-5-7-9-22/h5-13,18,23-24,31-32H,14-17H2,1-4H3. The number of nitrogens with zero attached hydrogens (tertiary/aromatic N) is 1. The molecule has 0 spiro atoms. The van der Waals surface area contributed by atoms with Crippen LogP contribution in [-0.2, 0) is 16.0 Å². The third-order valence-electron chi connectivity index (χ3n) is 6.14. The number of aromatic nitrogens is 1. The average Bonchev–Trinajstić information content (AvgIpc) is 3.10. The van der Waals surface area contributed by atoms with Gasteiger partial charge in [-0.1, -0.05) is 44.2 Å². The van der Waals surface area contributed by atoms with Crippen LogP contribution in [0.4, 0.5) is 4.39 Å². The first-order valence-electron chi connectivity index (χ1n) is 11.7. The topological polar surface area (TPSA) is 71.7 Å². The minimum atomic E-state index is -0.959. The zero-order chi connectivity index (χ0) is 24.8. The first kappa shape index (κ1) is 25.7. The van der Waals surface area contributed by atoms with Gasteiger partial charge >= 0.3 is 5.97 Å². The van der Waals surface area contributed by atoms with Gasteiger partial charge in [-0.2, -0.15) is 0 Å². The van der Waals surface area contributed by atoms with Gasteiger partial charge in [0.05, 0.1) is 25.7 Å². The van der Waals surface area contributed by atoms with E-state index in [-0.39, 0.29) is 24.6 Å². The molecule has 1 aromatic heterocycles. The number of rotatable bonds is 10. The molecule has 0 amide bonds. The van der Waals surface area contributed by atoms with Gasteiger partial charge in [0.25, 0.3) is 0 Å². The Morgan fingerprint density at radius 1 is 1.03 bits per heavy atom. The van der Waals surface area contributed by atoms with Crippen LogP contribution in [0.15, 0.2) is 54.6 Å². The molecule has 0 bridgehead atoms. The molecule has 182 valence electrons. The zero-order valence-corrected chi connectivity index (χ0v) is 20.3. The predicted octanol–water partition coefficient (Wildman–Crippen LogP) is 5.32. The lowest BCUT2D eigenvalue weighted by molar-refractivity contribution is -0.143. The summed E-state index contributed by atoms with van der Waals surface area (Å²) >= 11 is 0. The summed E-state index contributed by atoms with van der Waals surface area (Å²) in [6, 6.07) is 16.6. The Labute approximate surface area is 200 Å². The summed E-state index contributed by atoms with van der Waals surface area (Å²) in [5.41, 5.74) is 6.31. The molecule has 3 aromatic rings. The molecule has 0 aliphatic heterocycles. The summed E-state index contributed by atoms with van der Waals surface area (Å²) < 4.78 is 20.5. The number of carbonyl (C=O) groups excluding carboxylic acids is 1. The number of aliphatic hydroxyl groups is 2. The minimum Gasteiger partial charge on any atom is -0.469 e. The van der Waals surface area contributed by atoms with Gasteiger partial charge in [-0.15, -0.1) is 0 Å². The van der Waals surface area contributed by atoms with Crippen molar-refractivity contribution in [1.29, 1.82) is 0 Å². The van der Waals surface area contributed by atoms with Crippen LogP contribution in [-0.4, -0.2) is 40.1 Å². The lowest BCUT2D eigenvalue weighted by Gasteiger charge is -2.18. The summed E-state index contributed by atoms with van der Waals surface area (Å²) in [5.74, 6) is -0.592. The largest absolute Gasteiger partial charge is 0.469 e. The first-order valence-corrected chi connectivity index (χ1v) is 11.7. The number of para-hydroxylation sites is 1. The summed E-state index contributed by atoms with van der Waals surface area (Å²) in [4.78, 5) is 11.4. The Bertz CT molecular complexity index is 1090. The number of esters is 1. The summed E-state index contributed by atoms with van der Waals surface area (Å²) in [5, 5.41) is 20.7. The van der Waals surface area contributed by atoms with Crippen molar-refractivity contribution in [2.45, 2.75) is 64.6 Å². The Kier molecular flexibility index (Phi) is 8.64. The van der Waals surface area contributed by atoms with Gasteiger partial charge in [0, 0.05) is 22.6 Å². The van der Waals surface area contributed by atoms with Crippen LogP contribution in [0, 0.1) is 12.7 Å². The molecule has 2 aromatic carbocycles. The molecule has 6 heteroatoms. The smallest absolute Gasteiger partial charge is 0.308 e. The summed E-state index contributed by atoms with van der Waals surface area (Å²) in [6.07, 6.45) is -0.788. The molecule has 0 fully saturated rings. The monoisotopic (exact) mass is 467 g/mol. The number of aliphatic hydroxyl groups excluding tert-OH is 2. The van der Waals surface area contributed by atoms with Gasteiger partial charge < -0.3 is 19.5 Å².